The molecule has 19 heavy (non-hydrogen) atoms. The van der Waals surface area contributed by atoms with Gasteiger partial charge in [0.25, 0.3) is 0 Å². The third-order valence-corrected chi connectivity index (χ3v) is 4.17. The van der Waals surface area contributed by atoms with Crippen LogP contribution in [0.4, 0.5) is 0 Å². The average molecular weight is 251 g/mol. The minimum absolute atomic E-state index is 0.00664. The summed E-state index contributed by atoms with van der Waals surface area (Å²) in [5.41, 5.74) is 13.1. The first-order chi connectivity index (χ1) is 9.24. The summed E-state index contributed by atoms with van der Waals surface area (Å²) in [5.74, 6) is 0. The van der Waals surface area contributed by atoms with Crippen LogP contribution >= 0.6 is 0 Å². The molecular weight excluding hydrogens is 230 g/mol. The van der Waals surface area contributed by atoms with E-state index in [0.717, 1.165) is 0 Å². The van der Waals surface area contributed by atoms with Crippen LogP contribution in [-0.2, 0) is 12.8 Å². The van der Waals surface area contributed by atoms with Crippen molar-refractivity contribution in [1.82, 2.24) is 0 Å². The van der Waals surface area contributed by atoms with E-state index in [1.807, 2.05) is 0 Å². The number of nitrogens with two attached hydrogens (primary N) is 1. The summed E-state index contributed by atoms with van der Waals surface area (Å²) in [6, 6.07) is 15.3. The lowest BCUT2D eigenvalue weighted by Crippen LogP contribution is -2.13. The number of rotatable bonds is 2. The van der Waals surface area contributed by atoms with E-state index in [9.17, 15) is 0 Å². The first-order valence-electron chi connectivity index (χ1n) is 7.18. The van der Waals surface area contributed by atoms with Crippen LogP contribution in [0.1, 0.15) is 46.7 Å². The molecule has 1 atom stereocenters. The van der Waals surface area contributed by atoms with Crippen LogP contribution in [-0.4, -0.2) is 0 Å². The smallest absolute Gasteiger partial charge is 0.0551 e. The molecule has 1 nitrogen and oxygen atoms in total. The Bertz CT molecular complexity index is 569. The second kappa shape index (κ2) is 5.18. The van der Waals surface area contributed by atoms with Gasteiger partial charge >= 0.3 is 0 Å². The van der Waals surface area contributed by atoms with E-state index in [4.69, 9.17) is 5.73 Å². The van der Waals surface area contributed by atoms with Crippen LogP contribution < -0.4 is 5.73 Å². The Morgan fingerprint density at radius 2 is 1.47 bits per heavy atom. The van der Waals surface area contributed by atoms with Crippen LogP contribution in [0, 0.1) is 6.92 Å². The molecule has 1 aliphatic carbocycles. The normalized spacial score (nSPS) is 15.9. The van der Waals surface area contributed by atoms with Gasteiger partial charge in [-0.1, -0.05) is 48.0 Å². The predicted molar refractivity (Wildman–Crippen MR) is 80.3 cm³/mol. The van der Waals surface area contributed by atoms with Gasteiger partial charge in [-0.2, -0.15) is 0 Å². The number of hydrogen-bond donors (Lipinski definition) is 1. The number of hydrogen-bond acceptors (Lipinski definition) is 1. The third-order valence-electron chi connectivity index (χ3n) is 4.17. The summed E-state index contributed by atoms with van der Waals surface area (Å²) in [6.07, 6.45) is 5.09. The molecule has 1 unspecified atom stereocenters. The largest absolute Gasteiger partial charge is 0.320 e. The lowest BCUT2D eigenvalue weighted by molar-refractivity contribution is 0.682. The van der Waals surface area contributed by atoms with Gasteiger partial charge in [0.2, 0.25) is 0 Å². The van der Waals surface area contributed by atoms with Gasteiger partial charge in [0.05, 0.1) is 6.04 Å². The Morgan fingerprint density at radius 1 is 0.842 bits per heavy atom. The standard InChI is InChI=1S/C18H21N/c1-13-6-8-15(9-7-13)18(19)17-11-10-14-4-2-3-5-16(14)12-17/h6-12,18H,2-5,19H2,1H3. The summed E-state index contributed by atoms with van der Waals surface area (Å²) < 4.78 is 0. The van der Waals surface area contributed by atoms with Gasteiger partial charge in [-0.05, 0) is 54.9 Å². The van der Waals surface area contributed by atoms with Crippen molar-refractivity contribution in [1.29, 1.82) is 0 Å². The van der Waals surface area contributed by atoms with Gasteiger partial charge < -0.3 is 5.73 Å². The fourth-order valence-corrected chi connectivity index (χ4v) is 2.91. The first kappa shape index (κ1) is 12.4. The predicted octanol–water partition coefficient (Wildman–Crippen LogP) is 3.92. The molecule has 2 aromatic rings. The van der Waals surface area contributed by atoms with E-state index >= 15 is 0 Å². The fraction of sp³-hybridized carbons (Fsp3) is 0.333. The highest BCUT2D eigenvalue weighted by molar-refractivity contribution is 5.39. The second-order valence-corrected chi connectivity index (χ2v) is 5.62. The van der Waals surface area contributed by atoms with Crippen LogP contribution in [0.25, 0.3) is 0 Å². The van der Waals surface area contributed by atoms with E-state index in [1.54, 1.807) is 0 Å². The van der Waals surface area contributed by atoms with Crippen molar-refractivity contribution in [3.63, 3.8) is 0 Å². The Morgan fingerprint density at radius 3 is 2.21 bits per heavy atom. The number of fused-ring (bicyclic) bond motifs is 1. The minimum Gasteiger partial charge on any atom is -0.320 e. The van der Waals surface area contributed by atoms with Crippen molar-refractivity contribution in [3.8, 4) is 0 Å². The molecule has 0 saturated carbocycles. The molecule has 1 aliphatic rings. The van der Waals surface area contributed by atoms with Gasteiger partial charge in [0.1, 0.15) is 0 Å². The van der Waals surface area contributed by atoms with E-state index < -0.39 is 0 Å². The van der Waals surface area contributed by atoms with Gasteiger partial charge in [-0.3, -0.25) is 0 Å². The van der Waals surface area contributed by atoms with Crippen molar-refractivity contribution in [2.45, 2.75) is 38.6 Å². The lowest BCUT2D eigenvalue weighted by atomic mass is 9.88. The molecule has 0 fully saturated rings. The highest BCUT2D eigenvalue weighted by atomic mass is 14.6. The topological polar surface area (TPSA) is 26.0 Å². The van der Waals surface area contributed by atoms with Crippen LogP contribution in [0.3, 0.4) is 0 Å². The molecule has 0 aromatic heterocycles. The van der Waals surface area contributed by atoms with E-state index in [0.29, 0.717) is 0 Å². The quantitative estimate of drug-likeness (QED) is 0.860. The Labute approximate surface area is 115 Å². The van der Waals surface area contributed by atoms with Gasteiger partial charge in [0.15, 0.2) is 0 Å². The van der Waals surface area contributed by atoms with Gasteiger partial charge in [0, 0.05) is 0 Å². The summed E-state index contributed by atoms with van der Waals surface area (Å²) in [6.45, 7) is 2.11. The highest BCUT2D eigenvalue weighted by Crippen LogP contribution is 2.26. The van der Waals surface area contributed by atoms with Crippen molar-refractivity contribution >= 4 is 0 Å². The van der Waals surface area contributed by atoms with E-state index in [1.165, 1.54) is 53.5 Å². The third kappa shape index (κ3) is 2.57. The van der Waals surface area contributed by atoms with E-state index in [2.05, 4.69) is 49.4 Å². The minimum atomic E-state index is -0.00664. The Balaban J connectivity index is 1.91. The average Bonchev–Trinajstić information content (AvgIpc) is 2.47. The number of benzene rings is 2. The maximum absolute atomic E-state index is 6.40. The van der Waals surface area contributed by atoms with E-state index in [-0.39, 0.29) is 6.04 Å². The zero-order chi connectivity index (χ0) is 13.2. The number of aryl methyl sites for hydroxylation is 3. The van der Waals surface area contributed by atoms with Crippen LogP contribution in [0.15, 0.2) is 42.5 Å². The molecule has 0 radical (unpaired) electrons. The maximum atomic E-state index is 6.40. The van der Waals surface area contributed by atoms with Crippen LogP contribution in [0.2, 0.25) is 0 Å². The SMILES string of the molecule is Cc1ccc(C(N)c2ccc3c(c2)CCCC3)cc1. The van der Waals surface area contributed by atoms with Gasteiger partial charge in [-0.15, -0.1) is 0 Å². The molecule has 0 bridgehead atoms. The highest BCUT2D eigenvalue weighted by Gasteiger charge is 2.13. The van der Waals surface area contributed by atoms with Gasteiger partial charge in [-0.25, -0.2) is 0 Å². The fourth-order valence-electron chi connectivity index (χ4n) is 2.91. The molecule has 3 rings (SSSR count). The summed E-state index contributed by atoms with van der Waals surface area (Å²) >= 11 is 0. The molecule has 0 amide bonds. The Hall–Kier alpha value is -1.60. The molecule has 2 aromatic carbocycles. The summed E-state index contributed by atoms with van der Waals surface area (Å²) in [5, 5.41) is 0. The zero-order valence-corrected chi connectivity index (χ0v) is 11.5. The monoisotopic (exact) mass is 251 g/mol. The van der Waals surface area contributed by atoms with Crippen molar-refractivity contribution < 1.29 is 0 Å². The van der Waals surface area contributed by atoms with Crippen molar-refractivity contribution in [3.05, 3.63) is 70.3 Å². The molecule has 0 spiro atoms. The molecule has 1 heteroatoms. The molecular formula is C18H21N. The second-order valence-electron chi connectivity index (χ2n) is 5.62. The van der Waals surface area contributed by atoms with Crippen molar-refractivity contribution in [2.75, 3.05) is 0 Å². The molecule has 0 saturated heterocycles. The Kier molecular flexibility index (Phi) is 3.39. The molecule has 2 N–H and O–H groups in total. The molecule has 98 valence electrons. The van der Waals surface area contributed by atoms with Crippen LogP contribution in [0.5, 0.6) is 0 Å². The molecule has 0 heterocycles. The maximum Gasteiger partial charge on any atom is 0.0551 e. The van der Waals surface area contributed by atoms with Crippen molar-refractivity contribution in [2.24, 2.45) is 5.73 Å². The zero-order valence-electron chi connectivity index (χ0n) is 11.5. The molecule has 0 aliphatic heterocycles. The summed E-state index contributed by atoms with van der Waals surface area (Å²) in [4.78, 5) is 0. The lowest BCUT2D eigenvalue weighted by Gasteiger charge is -2.19. The first-order valence-corrected chi connectivity index (χ1v) is 7.18. The summed E-state index contributed by atoms with van der Waals surface area (Å²) in [7, 11) is 0.